The topological polar surface area (TPSA) is 73.2 Å². The van der Waals surface area contributed by atoms with Gasteiger partial charge in [0.15, 0.2) is 5.43 Å². The molecule has 2 heterocycles. The number of carbonyl (C=O) groups is 1. The zero-order valence-electron chi connectivity index (χ0n) is 16.3. The summed E-state index contributed by atoms with van der Waals surface area (Å²) in [6.45, 7) is 0. The molecule has 0 radical (unpaired) electrons. The maximum atomic E-state index is 12.9. The van der Waals surface area contributed by atoms with Crippen LogP contribution in [-0.4, -0.2) is 22.6 Å². The second kappa shape index (κ2) is 8.45. The van der Waals surface area contributed by atoms with Crippen molar-refractivity contribution in [3.63, 3.8) is 0 Å². The number of hydrogen-bond donors (Lipinski definition) is 1. The minimum atomic E-state index is -0.473. The van der Waals surface area contributed by atoms with Crippen LogP contribution in [0.3, 0.4) is 0 Å². The van der Waals surface area contributed by atoms with E-state index in [1.807, 2.05) is 65.2 Å². The van der Waals surface area contributed by atoms with Crippen LogP contribution < -0.4 is 10.7 Å². The van der Waals surface area contributed by atoms with Crippen molar-refractivity contribution in [1.29, 1.82) is 0 Å². The highest BCUT2D eigenvalue weighted by Crippen LogP contribution is 2.24. The Morgan fingerprint density at radius 2 is 1.73 bits per heavy atom. The number of pyridine rings is 2. The molecule has 2 aromatic heterocycles. The molecule has 0 saturated carbocycles. The molecular formula is C24H19N3O3. The Balaban J connectivity index is 1.90. The van der Waals surface area contributed by atoms with Gasteiger partial charge in [0.1, 0.15) is 11.5 Å². The number of carbonyl (C=O) groups excluding carboxylic acids is 1. The first-order chi connectivity index (χ1) is 14.7. The van der Waals surface area contributed by atoms with Gasteiger partial charge in [-0.05, 0) is 42.0 Å². The second-order valence-corrected chi connectivity index (χ2v) is 6.55. The summed E-state index contributed by atoms with van der Waals surface area (Å²) >= 11 is 0. The number of nitrogens with one attached hydrogen (secondary N) is 1. The Morgan fingerprint density at radius 1 is 1.03 bits per heavy atom. The molecule has 4 rings (SSSR count). The predicted octanol–water partition coefficient (Wildman–Crippen LogP) is 4.32. The van der Waals surface area contributed by atoms with E-state index in [-0.39, 0.29) is 5.43 Å². The molecule has 0 aliphatic heterocycles. The molecular weight excluding hydrogens is 378 g/mol. The maximum Gasteiger partial charge on any atom is 0.330 e. The lowest BCUT2D eigenvalue weighted by Gasteiger charge is -2.17. The minimum Gasteiger partial charge on any atom is -0.466 e. The van der Waals surface area contributed by atoms with Crippen LogP contribution in [0.15, 0.2) is 89.9 Å². The number of para-hydroxylation sites is 2. The summed E-state index contributed by atoms with van der Waals surface area (Å²) < 4.78 is 6.51. The van der Waals surface area contributed by atoms with Crippen LogP contribution in [0.25, 0.3) is 22.8 Å². The number of aromatic nitrogens is 2. The number of esters is 1. The van der Waals surface area contributed by atoms with E-state index in [2.05, 4.69) is 15.0 Å². The number of hydrogen-bond acceptors (Lipinski definition) is 5. The number of methoxy groups -OCH3 is 1. The Kier molecular flexibility index (Phi) is 5.39. The van der Waals surface area contributed by atoms with Crippen LogP contribution in [0, 0.1) is 0 Å². The van der Waals surface area contributed by atoms with Gasteiger partial charge in [-0.2, -0.15) is 0 Å². The summed E-state index contributed by atoms with van der Waals surface area (Å²) in [4.78, 5) is 28.8. The standard InChI is InChI=1S/C24H19N3O3/c1-30-23(29)13-12-17-14-20-21(28)15-22(26-18-8-4-2-5-9-18)27(24(20)25-16-17)19-10-6-3-7-11-19/h2-16,26H,1H3/b13-12+. The van der Waals surface area contributed by atoms with E-state index >= 15 is 0 Å². The van der Waals surface area contributed by atoms with Gasteiger partial charge < -0.3 is 10.1 Å². The van der Waals surface area contributed by atoms with Crippen molar-refractivity contribution >= 4 is 34.6 Å². The van der Waals surface area contributed by atoms with Gasteiger partial charge in [0.2, 0.25) is 0 Å². The van der Waals surface area contributed by atoms with Gasteiger partial charge in [0.05, 0.1) is 12.5 Å². The smallest absolute Gasteiger partial charge is 0.330 e. The van der Waals surface area contributed by atoms with Crippen molar-refractivity contribution in [2.24, 2.45) is 0 Å². The number of ether oxygens (including phenoxy) is 1. The molecule has 30 heavy (non-hydrogen) atoms. The van der Waals surface area contributed by atoms with Gasteiger partial charge in [0.25, 0.3) is 0 Å². The fraction of sp³-hybridized carbons (Fsp3) is 0.0417. The van der Waals surface area contributed by atoms with Gasteiger partial charge in [-0.1, -0.05) is 36.4 Å². The molecule has 0 saturated heterocycles. The van der Waals surface area contributed by atoms with E-state index in [9.17, 15) is 9.59 Å². The van der Waals surface area contributed by atoms with E-state index in [4.69, 9.17) is 0 Å². The van der Waals surface area contributed by atoms with Crippen molar-refractivity contribution in [1.82, 2.24) is 9.55 Å². The first-order valence-corrected chi connectivity index (χ1v) is 9.35. The summed E-state index contributed by atoms with van der Waals surface area (Å²) in [6.07, 6.45) is 4.48. The zero-order valence-corrected chi connectivity index (χ0v) is 16.3. The summed E-state index contributed by atoms with van der Waals surface area (Å²) in [5.41, 5.74) is 2.71. The molecule has 0 spiro atoms. The van der Waals surface area contributed by atoms with E-state index in [1.54, 1.807) is 24.4 Å². The molecule has 1 N–H and O–H groups in total. The van der Waals surface area contributed by atoms with Gasteiger partial charge in [-0.3, -0.25) is 9.36 Å². The Bertz CT molecular complexity index is 1280. The van der Waals surface area contributed by atoms with E-state index in [1.165, 1.54) is 13.2 Å². The molecule has 6 heteroatoms. The number of nitrogens with zero attached hydrogens (tertiary/aromatic N) is 2. The van der Waals surface area contributed by atoms with Crippen molar-refractivity contribution in [3.8, 4) is 5.69 Å². The predicted molar refractivity (Wildman–Crippen MR) is 118 cm³/mol. The maximum absolute atomic E-state index is 12.9. The van der Waals surface area contributed by atoms with Gasteiger partial charge in [0, 0.05) is 29.7 Å². The summed E-state index contributed by atoms with van der Waals surface area (Å²) in [5, 5.41) is 3.76. The van der Waals surface area contributed by atoms with Crippen LogP contribution in [0.1, 0.15) is 5.56 Å². The Hall–Kier alpha value is -4.19. The molecule has 148 valence electrons. The van der Waals surface area contributed by atoms with Crippen molar-refractivity contribution in [3.05, 3.63) is 101 Å². The average Bonchev–Trinajstić information content (AvgIpc) is 2.79. The number of fused-ring (bicyclic) bond motifs is 1. The molecule has 0 bridgehead atoms. The first-order valence-electron chi connectivity index (χ1n) is 9.35. The molecule has 6 nitrogen and oxygen atoms in total. The third-order valence-corrected chi connectivity index (χ3v) is 4.55. The minimum absolute atomic E-state index is 0.170. The van der Waals surface area contributed by atoms with Crippen LogP contribution in [0.4, 0.5) is 11.5 Å². The number of benzene rings is 2. The number of rotatable bonds is 5. The fourth-order valence-electron chi connectivity index (χ4n) is 3.14. The first kappa shape index (κ1) is 19.1. The lowest BCUT2D eigenvalue weighted by Crippen LogP contribution is -2.13. The molecule has 4 aromatic rings. The lowest BCUT2D eigenvalue weighted by atomic mass is 10.1. The highest BCUT2D eigenvalue weighted by atomic mass is 16.5. The SMILES string of the molecule is COC(=O)/C=C/c1cnc2c(c1)c(=O)cc(Nc1ccccc1)n2-c1ccccc1. The van der Waals surface area contributed by atoms with Gasteiger partial charge >= 0.3 is 5.97 Å². The fourth-order valence-corrected chi connectivity index (χ4v) is 3.14. The summed E-state index contributed by atoms with van der Waals surface area (Å²) in [5.74, 6) is 0.134. The third-order valence-electron chi connectivity index (χ3n) is 4.55. The highest BCUT2D eigenvalue weighted by molar-refractivity contribution is 5.88. The molecule has 2 aromatic carbocycles. The average molecular weight is 397 g/mol. The van der Waals surface area contributed by atoms with Crippen LogP contribution >= 0.6 is 0 Å². The normalized spacial score (nSPS) is 11.0. The molecule has 0 aliphatic carbocycles. The molecule has 0 fully saturated rings. The van der Waals surface area contributed by atoms with Gasteiger partial charge in [-0.15, -0.1) is 0 Å². The quantitative estimate of drug-likeness (QED) is 0.401. The van der Waals surface area contributed by atoms with E-state index in [0.29, 0.717) is 22.4 Å². The van der Waals surface area contributed by atoms with Crippen molar-refractivity contribution in [2.75, 3.05) is 12.4 Å². The Morgan fingerprint density at radius 3 is 2.43 bits per heavy atom. The lowest BCUT2D eigenvalue weighted by molar-refractivity contribution is -0.134. The second-order valence-electron chi connectivity index (χ2n) is 6.55. The molecule has 0 unspecified atom stereocenters. The largest absolute Gasteiger partial charge is 0.466 e. The van der Waals surface area contributed by atoms with E-state index in [0.717, 1.165) is 11.4 Å². The van der Waals surface area contributed by atoms with Crippen molar-refractivity contribution < 1.29 is 9.53 Å². The highest BCUT2D eigenvalue weighted by Gasteiger charge is 2.13. The molecule has 0 aliphatic rings. The monoisotopic (exact) mass is 397 g/mol. The summed E-state index contributed by atoms with van der Waals surface area (Å²) in [7, 11) is 1.31. The van der Waals surface area contributed by atoms with Crippen LogP contribution in [0.5, 0.6) is 0 Å². The molecule has 0 amide bonds. The summed E-state index contributed by atoms with van der Waals surface area (Å²) in [6, 6.07) is 22.6. The molecule has 0 atom stereocenters. The van der Waals surface area contributed by atoms with Crippen LogP contribution in [-0.2, 0) is 9.53 Å². The Labute approximate surface area is 173 Å². The third kappa shape index (κ3) is 3.98. The van der Waals surface area contributed by atoms with Crippen LogP contribution in [0.2, 0.25) is 0 Å². The number of anilines is 2. The van der Waals surface area contributed by atoms with Crippen molar-refractivity contribution in [2.45, 2.75) is 0 Å². The zero-order chi connectivity index (χ0) is 20.9. The van der Waals surface area contributed by atoms with Gasteiger partial charge in [-0.25, -0.2) is 9.78 Å². The van der Waals surface area contributed by atoms with E-state index < -0.39 is 5.97 Å².